The molecule has 6 heavy (non-hydrogen) atoms. The molecule has 6 heteroatoms. The Kier molecular flexibility index (Phi) is 1350. The second-order valence-corrected chi connectivity index (χ2v) is 0. The SMILES string of the molecule is O.O.O.[Co].[MgH2].[Zn]. The van der Waals surface area contributed by atoms with Gasteiger partial charge in [0.25, 0.3) is 0 Å². The van der Waals surface area contributed by atoms with E-state index in [-0.39, 0.29) is 75.7 Å². The van der Waals surface area contributed by atoms with Crippen molar-refractivity contribution in [1.82, 2.24) is 0 Å². The summed E-state index contributed by atoms with van der Waals surface area (Å²) in [5.41, 5.74) is 0. The summed E-state index contributed by atoms with van der Waals surface area (Å²) in [7, 11) is 0. The Labute approximate surface area is 75.3 Å². The first-order valence-electron chi connectivity index (χ1n) is 0. The summed E-state index contributed by atoms with van der Waals surface area (Å²) in [4.78, 5) is 0. The molecule has 0 aliphatic carbocycles. The first kappa shape index (κ1) is 113. The molecule has 39 valence electrons. The maximum atomic E-state index is 0. The predicted molar refractivity (Wildman–Crippen MR) is 19.4 cm³/mol. The van der Waals surface area contributed by atoms with Crippen LogP contribution in [0, 0.1) is 0 Å². The predicted octanol–water partition coefficient (Wildman–Crippen LogP) is -3.40. The molecular weight excluding hydrogens is 197 g/mol. The molecule has 0 atom stereocenters. The first-order chi connectivity index (χ1) is 0. The molecule has 0 rings (SSSR count). The van der Waals surface area contributed by atoms with Gasteiger partial charge in [0.1, 0.15) is 0 Å². The van der Waals surface area contributed by atoms with Crippen molar-refractivity contribution in [1.29, 1.82) is 0 Å². The van der Waals surface area contributed by atoms with Crippen molar-refractivity contribution in [3.63, 3.8) is 0 Å². The molecule has 0 fully saturated rings. The second-order valence-electron chi connectivity index (χ2n) is 0. The van der Waals surface area contributed by atoms with E-state index in [1.54, 1.807) is 0 Å². The molecule has 3 nitrogen and oxygen atoms in total. The summed E-state index contributed by atoms with van der Waals surface area (Å²) >= 11 is 0. The van der Waals surface area contributed by atoms with Gasteiger partial charge in [-0.05, 0) is 0 Å². The van der Waals surface area contributed by atoms with E-state index in [9.17, 15) is 0 Å². The molecule has 0 spiro atoms. The monoisotopic (exact) mass is 203 g/mol. The van der Waals surface area contributed by atoms with Crippen molar-refractivity contribution in [2.24, 2.45) is 0 Å². The Morgan fingerprint density at radius 1 is 0.667 bits per heavy atom. The van der Waals surface area contributed by atoms with Crippen LogP contribution in [-0.4, -0.2) is 39.5 Å². The van der Waals surface area contributed by atoms with E-state index in [4.69, 9.17) is 0 Å². The van der Waals surface area contributed by atoms with Crippen molar-refractivity contribution in [2.75, 3.05) is 0 Å². The van der Waals surface area contributed by atoms with Gasteiger partial charge in [0.05, 0.1) is 0 Å². The van der Waals surface area contributed by atoms with Gasteiger partial charge in [-0.2, -0.15) is 0 Å². The molecule has 0 bridgehead atoms. The van der Waals surface area contributed by atoms with Crippen LogP contribution >= 0.6 is 0 Å². The molecule has 0 aromatic carbocycles. The molecule has 0 aromatic rings. The first-order valence-corrected chi connectivity index (χ1v) is 0. The Bertz CT molecular complexity index is 10.8. The molecule has 0 aromatic heterocycles. The van der Waals surface area contributed by atoms with Gasteiger partial charge < -0.3 is 16.4 Å². The fraction of sp³-hybridized carbons (Fsp3) is 0. The Morgan fingerprint density at radius 3 is 0.667 bits per heavy atom. The van der Waals surface area contributed by atoms with Crippen molar-refractivity contribution in [3.05, 3.63) is 0 Å². The van der Waals surface area contributed by atoms with Crippen molar-refractivity contribution >= 4 is 23.1 Å². The minimum absolute atomic E-state index is 0. The van der Waals surface area contributed by atoms with Gasteiger partial charge in [-0.25, -0.2) is 0 Å². The third kappa shape index (κ3) is 41.8. The molecule has 1 radical (unpaired) electrons. The summed E-state index contributed by atoms with van der Waals surface area (Å²) in [6, 6.07) is 0. The van der Waals surface area contributed by atoms with Gasteiger partial charge in [0, 0.05) is 36.3 Å². The number of rotatable bonds is 0. The van der Waals surface area contributed by atoms with Crippen LogP contribution in [0.4, 0.5) is 0 Å². The van der Waals surface area contributed by atoms with Crippen molar-refractivity contribution < 1.29 is 52.7 Å². The average Bonchev–Trinajstić information content (AvgIpc) is 0. The van der Waals surface area contributed by atoms with Gasteiger partial charge in [-0.3, -0.25) is 0 Å². The minimum atomic E-state index is 0. The van der Waals surface area contributed by atoms with Crippen LogP contribution in [0.15, 0.2) is 0 Å². The fourth-order valence-corrected chi connectivity index (χ4v) is 0. The quantitative estimate of drug-likeness (QED) is 0.368. The van der Waals surface area contributed by atoms with Crippen LogP contribution in [0.5, 0.6) is 0 Å². The molecule has 0 aliphatic rings. The summed E-state index contributed by atoms with van der Waals surface area (Å²) in [5, 5.41) is 0. The van der Waals surface area contributed by atoms with E-state index < -0.39 is 0 Å². The topological polar surface area (TPSA) is 94.5 Å². The van der Waals surface area contributed by atoms with E-state index in [1.807, 2.05) is 0 Å². The molecular formula is H8CoMgO3Zn. The van der Waals surface area contributed by atoms with Crippen molar-refractivity contribution in [2.45, 2.75) is 0 Å². The summed E-state index contributed by atoms with van der Waals surface area (Å²) in [5.74, 6) is 0. The summed E-state index contributed by atoms with van der Waals surface area (Å²) < 4.78 is 0. The van der Waals surface area contributed by atoms with Crippen molar-refractivity contribution in [3.8, 4) is 0 Å². The third-order valence-electron chi connectivity index (χ3n) is 0. The second kappa shape index (κ2) is 71.7. The van der Waals surface area contributed by atoms with Crippen LogP contribution in [0.3, 0.4) is 0 Å². The standard InChI is InChI=1S/Co.Mg.3H2O.Zn.2H/h;;3*1H2;;;. The summed E-state index contributed by atoms with van der Waals surface area (Å²) in [6.07, 6.45) is 0. The smallest absolute Gasteiger partial charge is 0.316 e. The van der Waals surface area contributed by atoms with Crippen LogP contribution in [0.1, 0.15) is 0 Å². The van der Waals surface area contributed by atoms with E-state index >= 15 is 0 Å². The molecule has 0 amide bonds. The Morgan fingerprint density at radius 2 is 0.667 bits per heavy atom. The number of hydrogen-bond donors (Lipinski definition) is 0. The Balaban J connectivity index is 0. The third-order valence-corrected chi connectivity index (χ3v) is 0. The van der Waals surface area contributed by atoms with E-state index in [1.165, 1.54) is 0 Å². The Hall–Kier alpha value is 1.78. The van der Waals surface area contributed by atoms with E-state index in [0.717, 1.165) is 0 Å². The fourth-order valence-electron chi connectivity index (χ4n) is 0. The summed E-state index contributed by atoms with van der Waals surface area (Å²) in [6.45, 7) is 0. The molecule has 0 unspecified atom stereocenters. The van der Waals surface area contributed by atoms with Gasteiger partial charge in [0.2, 0.25) is 0 Å². The van der Waals surface area contributed by atoms with Crippen LogP contribution in [0.2, 0.25) is 0 Å². The van der Waals surface area contributed by atoms with E-state index in [2.05, 4.69) is 0 Å². The largest absolute Gasteiger partial charge is 0.412 e. The zero-order chi connectivity index (χ0) is 0. The molecule has 0 saturated carbocycles. The molecule has 6 N–H and O–H groups in total. The molecule has 0 aliphatic heterocycles. The zero-order valence-electron chi connectivity index (χ0n) is 2.54. The van der Waals surface area contributed by atoms with E-state index in [0.29, 0.717) is 0 Å². The van der Waals surface area contributed by atoms with Gasteiger partial charge >= 0.3 is 23.1 Å². The maximum Gasteiger partial charge on any atom is 0.316 e. The minimum Gasteiger partial charge on any atom is -0.412 e. The average molecular weight is 205 g/mol. The van der Waals surface area contributed by atoms with Gasteiger partial charge in [-0.15, -0.1) is 0 Å². The van der Waals surface area contributed by atoms with Crippen LogP contribution < -0.4 is 0 Å². The van der Waals surface area contributed by atoms with Gasteiger partial charge in [-0.1, -0.05) is 0 Å². The normalized spacial score (nSPS) is 0. The van der Waals surface area contributed by atoms with Crippen LogP contribution in [0.25, 0.3) is 0 Å². The maximum absolute atomic E-state index is 0. The van der Waals surface area contributed by atoms with Crippen LogP contribution in [-0.2, 0) is 36.3 Å². The number of hydrogen-bond acceptors (Lipinski definition) is 0. The molecule has 0 saturated heterocycles. The molecule has 0 heterocycles. The zero-order valence-corrected chi connectivity index (χ0v) is 6.55. The van der Waals surface area contributed by atoms with Gasteiger partial charge in [0.15, 0.2) is 0 Å².